The predicted molar refractivity (Wildman–Crippen MR) is 318 cm³/mol. The lowest BCUT2D eigenvalue weighted by atomic mass is 9.97. The number of hydrogen-bond acceptors (Lipinski definition) is 13. The summed E-state index contributed by atoms with van der Waals surface area (Å²) in [6, 6.07) is -0.926. The van der Waals surface area contributed by atoms with Crippen LogP contribution < -0.4 is 5.32 Å². The maximum absolute atomic E-state index is 13.2. The van der Waals surface area contributed by atoms with Gasteiger partial charge in [-0.05, 0) is 32.1 Å². The van der Waals surface area contributed by atoms with Gasteiger partial charge in [-0.15, -0.1) is 0 Å². The molecule has 2 fully saturated rings. The van der Waals surface area contributed by atoms with Crippen molar-refractivity contribution in [1.82, 2.24) is 5.32 Å². The third kappa shape index (κ3) is 36.0. The molecular weight excluding hydrogens is 1000 g/mol. The molecule has 0 aromatic rings. The van der Waals surface area contributed by atoms with Gasteiger partial charge in [-0.1, -0.05) is 276 Å². The van der Waals surface area contributed by atoms with Crippen LogP contribution in [0.1, 0.15) is 290 Å². The van der Waals surface area contributed by atoms with Crippen molar-refractivity contribution in [2.75, 3.05) is 19.8 Å². The number of carbonyl (C=O) groups excluding carboxylic acids is 1. The summed E-state index contributed by atoms with van der Waals surface area (Å²) in [6.45, 7) is 2.76. The third-order valence-electron chi connectivity index (χ3n) is 16.4. The fourth-order valence-electron chi connectivity index (χ4n) is 11.1. The number of amides is 1. The minimum Gasteiger partial charge on any atom is -0.394 e. The molecule has 14 heteroatoms. The molecule has 14 nitrogen and oxygen atoms in total. The molecule has 466 valence electrons. The van der Waals surface area contributed by atoms with Crippen molar-refractivity contribution in [1.29, 1.82) is 0 Å². The van der Waals surface area contributed by atoms with Gasteiger partial charge in [0.1, 0.15) is 48.8 Å². The highest BCUT2D eigenvalue weighted by atomic mass is 16.7. The zero-order valence-electron chi connectivity index (χ0n) is 50.4. The summed E-state index contributed by atoms with van der Waals surface area (Å²) in [5.41, 5.74) is 0. The van der Waals surface area contributed by atoms with Gasteiger partial charge >= 0.3 is 0 Å². The first-order valence-electron chi connectivity index (χ1n) is 33.1. The van der Waals surface area contributed by atoms with Crippen LogP contribution in [0.15, 0.2) is 24.3 Å². The summed E-state index contributed by atoms with van der Waals surface area (Å²) >= 11 is 0. The SMILES string of the molecule is CCCCCC/C=C/CC/C=C/C(O)C(COC1OC(CO)C(OC2OC(CO)C(O)C(O)C2O)C(O)C1O)NC(=O)CCCCCCCCCCCCCCCCCCCCCCCCCCCCCCCCCCCCC. The van der Waals surface area contributed by atoms with Crippen LogP contribution >= 0.6 is 0 Å². The molecule has 0 spiro atoms. The standard InChI is InChI=1S/C65H123NO13/c1-3-5-7-9-11-13-15-16-17-18-19-20-21-22-23-24-25-26-27-28-29-30-31-32-33-34-35-36-37-38-39-41-43-45-47-49-57(70)66-53(54(69)48-46-44-42-40-14-12-10-8-6-4-2)52-76-64-62(75)60(73)63(56(51-68)78-64)79-65-61(74)59(72)58(71)55(50-67)77-65/h14,40,46,48,53-56,58-65,67-69,71-75H,3-13,15-39,41-45,47,49-52H2,1-2H3,(H,66,70)/b40-14+,48-46+. The normalized spacial score (nSPS) is 24.5. The predicted octanol–water partition coefficient (Wildman–Crippen LogP) is 12.4. The number of nitrogens with one attached hydrogen (secondary N) is 1. The molecule has 0 saturated carbocycles. The molecule has 2 heterocycles. The van der Waals surface area contributed by atoms with Gasteiger partial charge in [0.05, 0.1) is 32.0 Å². The smallest absolute Gasteiger partial charge is 0.220 e. The number of rotatable bonds is 54. The minimum absolute atomic E-state index is 0.246. The number of aliphatic hydroxyl groups excluding tert-OH is 8. The van der Waals surface area contributed by atoms with E-state index in [4.69, 9.17) is 18.9 Å². The van der Waals surface area contributed by atoms with Crippen molar-refractivity contribution in [3.05, 3.63) is 24.3 Å². The summed E-state index contributed by atoms with van der Waals surface area (Å²) in [6.07, 6.45) is 45.7. The van der Waals surface area contributed by atoms with Crippen LogP contribution in [0, 0.1) is 0 Å². The highest BCUT2D eigenvalue weighted by molar-refractivity contribution is 5.76. The van der Waals surface area contributed by atoms with E-state index in [1.54, 1.807) is 6.08 Å². The molecule has 0 aromatic carbocycles. The maximum atomic E-state index is 13.2. The Hall–Kier alpha value is -1.53. The Kier molecular flexibility index (Phi) is 47.4. The van der Waals surface area contributed by atoms with Gasteiger partial charge in [0, 0.05) is 6.42 Å². The van der Waals surface area contributed by atoms with Crippen molar-refractivity contribution in [3.8, 4) is 0 Å². The molecule has 9 N–H and O–H groups in total. The molecule has 0 aliphatic carbocycles. The van der Waals surface area contributed by atoms with Gasteiger partial charge in [0.2, 0.25) is 5.91 Å². The largest absolute Gasteiger partial charge is 0.394 e. The van der Waals surface area contributed by atoms with Gasteiger partial charge in [-0.3, -0.25) is 4.79 Å². The second-order valence-corrected chi connectivity index (χ2v) is 23.6. The first-order valence-corrected chi connectivity index (χ1v) is 33.1. The van der Waals surface area contributed by atoms with Gasteiger partial charge < -0.3 is 65.1 Å². The summed E-state index contributed by atoms with van der Waals surface area (Å²) in [5.74, 6) is -0.246. The van der Waals surface area contributed by atoms with Crippen LogP contribution in [0.2, 0.25) is 0 Å². The van der Waals surface area contributed by atoms with Crippen molar-refractivity contribution < 1.29 is 64.6 Å². The van der Waals surface area contributed by atoms with Crippen molar-refractivity contribution in [3.63, 3.8) is 0 Å². The van der Waals surface area contributed by atoms with Crippen LogP contribution in [0.4, 0.5) is 0 Å². The minimum atomic E-state index is -1.79. The molecule has 1 amide bonds. The van der Waals surface area contributed by atoms with Crippen LogP contribution in [-0.2, 0) is 23.7 Å². The first kappa shape index (κ1) is 73.6. The highest BCUT2D eigenvalue weighted by Gasteiger charge is 2.51. The van der Waals surface area contributed by atoms with Gasteiger partial charge in [0.25, 0.3) is 0 Å². The van der Waals surface area contributed by atoms with Gasteiger partial charge in [0.15, 0.2) is 12.6 Å². The van der Waals surface area contributed by atoms with E-state index in [1.807, 2.05) is 6.08 Å². The second-order valence-electron chi connectivity index (χ2n) is 23.6. The highest BCUT2D eigenvalue weighted by Crippen LogP contribution is 2.30. The zero-order valence-corrected chi connectivity index (χ0v) is 50.4. The number of carbonyl (C=O) groups is 1. The van der Waals surface area contributed by atoms with E-state index >= 15 is 0 Å². The van der Waals surface area contributed by atoms with Gasteiger partial charge in [-0.25, -0.2) is 0 Å². The van der Waals surface area contributed by atoms with E-state index in [2.05, 4.69) is 31.3 Å². The number of ether oxygens (including phenoxy) is 4. The Morgan fingerprint density at radius 3 is 1.24 bits per heavy atom. The number of unbranched alkanes of at least 4 members (excludes halogenated alkanes) is 39. The van der Waals surface area contributed by atoms with E-state index in [-0.39, 0.29) is 18.9 Å². The average molecular weight is 1130 g/mol. The van der Waals surface area contributed by atoms with E-state index in [9.17, 15) is 45.6 Å². The molecule has 12 atom stereocenters. The Morgan fingerprint density at radius 1 is 0.443 bits per heavy atom. The fourth-order valence-corrected chi connectivity index (χ4v) is 11.1. The molecule has 2 aliphatic heterocycles. The van der Waals surface area contributed by atoms with Crippen molar-refractivity contribution in [2.45, 2.75) is 364 Å². The lowest BCUT2D eigenvalue weighted by Crippen LogP contribution is -2.65. The summed E-state index contributed by atoms with van der Waals surface area (Å²) < 4.78 is 22.7. The Morgan fingerprint density at radius 2 is 0.810 bits per heavy atom. The Labute approximate surface area is 481 Å². The molecule has 12 unspecified atom stereocenters. The molecule has 0 aromatic heterocycles. The molecular formula is C65H123NO13. The van der Waals surface area contributed by atoms with E-state index in [1.165, 1.54) is 225 Å². The van der Waals surface area contributed by atoms with Crippen LogP contribution in [0.3, 0.4) is 0 Å². The maximum Gasteiger partial charge on any atom is 0.220 e. The third-order valence-corrected chi connectivity index (χ3v) is 16.4. The Bertz CT molecular complexity index is 1420. The molecule has 0 radical (unpaired) electrons. The number of allylic oxidation sites excluding steroid dienone is 3. The monoisotopic (exact) mass is 1130 g/mol. The van der Waals surface area contributed by atoms with Crippen LogP contribution in [0.5, 0.6) is 0 Å². The lowest BCUT2D eigenvalue weighted by Gasteiger charge is -2.46. The van der Waals surface area contributed by atoms with E-state index in [0.29, 0.717) is 12.8 Å². The second kappa shape index (κ2) is 50.9. The van der Waals surface area contributed by atoms with E-state index in [0.717, 1.165) is 32.1 Å². The summed E-state index contributed by atoms with van der Waals surface area (Å²) in [4.78, 5) is 13.2. The number of hydrogen-bond donors (Lipinski definition) is 9. The first-order chi connectivity index (χ1) is 38.6. The zero-order chi connectivity index (χ0) is 57.4. The quantitative estimate of drug-likeness (QED) is 0.0204. The molecule has 79 heavy (non-hydrogen) atoms. The summed E-state index contributed by atoms with van der Waals surface area (Å²) in [5, 5.41) is 86.9. The molecule has 2 rings (SSSR count). The van der Waals surface area contributed by atoms with Crippen LogP contribution in [0.25, 0.3) is 0 Å². The topological polar surface area (TPSA) is 228 Å². The number of aliphatic hydroxyl groups is 8. The van der Waals surface area contributed by atoms with Crippen LogP contribution in [-0.4, -0.2) is 140 Å². The van der Waals surface area contributed by atoms with Crippen molar-refractivity contribution in [2.24, 2.45) is 0 Å². The fraction of sp³-hybridized carbons (Fsp3) is 0.923. The van der Waals surface area contributed by atoms with Gasteiger partial charge in [-0.2, -0.15) is 0 Å². The Balaban J connectivity index is 1.56. The summed E-state index contributed by atoms with van der Waals surface area (Å²) in [7, 11) is 0. The molecule has 2 saturated heterocycles. The average Bonchev–Trinajstić information content (AvgIpc) is 3.48. The lowest BCUT2D eigenvalue weighted by molar-refractivity contribution is -0.359. The molecule has 2 aliphatic rings. The van der Waals surface area contributed by atoms with E-state index < -0.39 is 86.8 Å². The molecule has 0 bridgehead atoms. The van der Waals surface area contributed by atoms with Crippen molar-refractivity contribution >= 4 is 5.91 Å².